The standard InChI is InChI=1S/C18H26FN3O.ClH/c1-14(16-4-2-3-5-17(16)19)12-18(23)22-9-6-15(13-22)21-10-7-20-8-11-21;/h2-5,14-15,20H,6-13H2,1H3;1H. The third kappa shape index (κ3) is 4.47. The van der Waals surface area contributed by atoms with Gasteiger partial charge in [-0.3, -0.25) is 9.69 Å². The molecule has 1 N–H and O–H groups in total. The van der Waals surface area contributed by atoms with E-state index in [4.69, 9.17) is 0 Å². The lowest BCUT2D eigenvalue weighted by atomic mass is 9.97. The molecule has 0 bridgehead atoms. The predicted molar refractivity (Wildman–Crippen MR) is 96.1 cm³/mol. The number of likely N-dealkylation sites (tertiary alicyclic amines) is 1. The van der Waals surface area contributed by atoms with Crippen molar-refractivity contribution < 1.29 is 9.18 Å². The van der Waals surface area contributed by atoms with Crippen LogP contribution in [0.2, 0.25) is 0 Å². The van der Waals surface area contributed by atoms with Gasteiger partial charge in [0.15, 0.2) is 0 Å². The Morgan fingerprint density at radius 1 is 1.29 bits per heavy atom. The molecular weight excluding hydrogens is 329 g/mol. The Kier molecular flexibility index (Phi) is 7.02. The van der Waals surface area contributed by atoms with Crippen LogP contribution >= 0.6 is 12.4 Å². The third-order valence-electron chi connectivity index (χ3n) is 5.10. The van der Waals surface area contributed by atoms with Gasteiger partial charge in [0, 0.05) is 51.7 Å². The third-order valence-corrected chi connectivity index (χ3v) is 5.10. The highest BCUT2D eigenvalue weighted by atomic mass is 35.5. The maximum atomic E-state index is 13.8. The van der Waals surface area contributed by atoms with E-state index in [1.807, 2.05) is 17.9 Å². The van der Waals surface area contributed by atoms with Crippen LogP contribution in [0, 0.1) is 5.82 Å². The van der Waals surface area contributed by atoms with Crippen LogP contribution in [0.1, 0.15) is 31.2 Å². The zero-order valence-electron chi connectivity index (χ0n) is 14.2. The number of hydrogen-bond donors (Lipinski definition) is 1. The number of amides is 1. The van der Waals surface area contributed by atoms with Gasteiger partial charge in [-0.25, -0.2) is 4.39 Å². The number of rotatable bonds is 4. The van der Waals surface area contributed by atoms with E-state index in [0.717, 1.165) is 45.7 Å². The first kappa shape index (κ1) is 19.2. The second-order valence-corrected chi connectivity index (χ2v) is 6.69. The van der Waals surface area contributed by atoms with E-state index < -0.39 is 0 Å². The zero-order chi connectivity index (χ0) is 16.2. The molecule has 2 aliphatic rings. The van der Waals surface area contributed by atoms with Crippen molar-refractivity contribution >= 4 is 18.3 Å². The van der Waals surface area contributed by atoms with Crippen molar-refractivity contribution in [2.75, 3.05) is 39.3 Å². The molecule has 0 aromatic heterocycles. The number of halogens is 2. The van der Waals surface area contributed by atoms with Crippen LogP contribution in [-0.2, 0) is 4.79 Å². The quantitative estimate of drug-likeness (QED) is 0.899. The number of nitrogens with zero attached hydrogens (tertiary/aromatic N) is 2. The molecule has 0 aliphatic carbocycles. The lowest BCUT2D eigenvalue weighted by Crippen LogP contribution is -2.49. The zero-order valence-corrected chi connectivity index (χ0v) is 15.0. The van der Waals surface area contributed by atoms with Gasteiger partial charge in [0.05, 0.1) is 0 Å². The van der Waals surface area contributed by atoms with Crippen LogP contribution in [0.5, 0.6) is 0 Å². The van der Waals surface area contributed by atoms with Crippen molar-refractivity contribution in [2.24, 2.45) is 0 Å². The maximum absolute atomic E-state index is 13.8. The summed E-state index contributed by atoms with van der Waals surface area (Å²) in [6, 6.07) is 7.25. The normalized spacial score (nSPS) is 22.9. The molecule has 2 unspecified atom stereocenters. The van der Waals surface area contributed by atoms with Crippen molar-refractivity contribution in [2.45, 2.75) is 31.7 Å². The summed E-state index contributed by atoms with van der Waals surface area (Å²) in [5.41, 5.74) is 0.638. The molecule has 2 atom stereocenters. The number of nitrogens with one attached hydrogen (secondary N) is 1. The first-order chi connectivity index (χ1) is 11.1. The number of hydrogen-bond acceptors (Lipinski definition) is 3. The highest BCUT2D eigenvalue weighted by Crippen LogP contribution is 2.24. The number of carbonyl (C=O) groups is 1. The van der Waals surface area contributed by atoms with E-state index in [2.05, 4.69) is 10.2 Å². The minimum absolute atomic E-state index is 0. The summed E-state index contributed by atoms with van der Waals surface area (Å²) in [4.78, 5) is 17.0. The van der Waals surface area contributed by atoms with Crippen molar-refractivity contribution in [3.63, 3.8) is 0 Å². The van der Waals surface area contributed by atoms with E-state index in [-0.39, 0.29) is 30.0 Å². The second kappa shape index (κ2) is 8.79. The molecule has 24 heavy (non-hydrogen) atoms. The fraction of sp³-hybridized carbons (Fsp3) is 0.611. The SMILES string of the molecule is CC(CC(=O)N1CCC(N2CCNCC2)C1)c1ccccc1F.Cl. The fourth-order valence-corrected chi connectivity index (χ4v) is 3.69. The molecule has 0 spiro atoms. The van der Waals surface area contributed by atoms with Gasteiger partial charge in [-0.2, -0.15) is 0 Å². The van der Waals surface area contributed by atoms with E-state index in [1.54, 1.807) is 12.1 Å². The molecule has 1 aromatic rings. The Balaban J connectivity index is 0.00000208. The van der Waals surface area contributed by atoms with Gasteiger partial charge >= 0.3 is 0 Å². The highest BCUT2D eigenvalue weighted by molar-refractivity contribution is 5.85. The van der Waals surface area contributed by atoms with E-state index in [0.29, 0.717) is 18.0 Å². The molecule has 2 heterocycles. The lowest BCUT2D eigenvalue weighted by molar-refractivity contribution is -0.130. The highest BCUT2D eigenvalue weighted by Gasteiger charge is 2.31. The summed E-state index contributed by atoms with van der Waals surface area (Å²) in [5.74, 6) is -0.145. The van der Waals surface area contributed by atoms with Crippen molar-refractivity contribution in [1.29, 1.82) is 0 Å². The maximum Gasteiger partial charge on any atom is 0.223 e. The molecule has 1 amide bonds. The Labute approximate surface area is 149 Å². The monoisotopic (exact) mass is 355 g/mol. The average molecular weight is 356 g/mol. The van der Waals surface area contributed by atoms with Gasteiger partial charge in [0.1, 0.15) is 5.82 Å². The minimum atomic E-state index is -0.215. The van der Waals surface area contributed by atoms with Gasteiger partial charge < -0.3 is 10.2 Å². The average Bonchev–Trinajstić information content (AvgIpc) is 3.06. The Bertz CT molecular complexity index is 551. The largest absolute Gasteiger partial charge is 0.341 e. The molecule has 2 fully saturated rings. The van der Waals surface area contributed by atoms with Crippen LogP contribution in [-0.4, -0.2) is 61.0 Å². The molecular formula is C18H27ClFN3O. The molecule has 6 heteroatoms. The summed E-state index contributed by atoms with van der Waals surface area (Å²) in [6.45, 7) is 7.79. The molecule has 1 aromatic carbocycles. The lowest BCUT2D eigenvalue weighted by Gasteiger charge is -2.32. The van der Waals surface area contributed by atoms with Crippen molar-refractivity contribution in [1.82, 2.24) is 15.1 Å². The van der Waals surface area contributed by atoms with E-state index in [1.165, 1.54) is 6.07 Å². The minimum Gasteiger partial charge on any atom is -0.341 e. The first-order valence-electron chi connectivity index (χ1n) is 8.62. The van der Waals surface area contributed by atoms with Crippen LogP contribution < -0.4 is 5.32 Å². The molecule has 0 saturated carbocycles. The summed E-state index contributed by atoms with van der Waals surface area (Å²) >= 11 is 0. The first-order valence-corrected chi connectivity index (χ1v) is 8.62. The van der Waals surface area contributed by atoms with Crippen molar-refractivity contribution in [3.8, 4) is 0 Å². The summed E-state index contributed by atoms with van der Waals surface area (Å²) < 4.78 is 13.8. The second-order valence-electron chi connectivity index (χ2n) is 6.69. The van der Waals surface area contributed by atoms with Crippen LogP contribution in [0.25, 0.3) is 0 Å². The molecule has 2 aliphatic heterocycles. The molecule has 4 nitrogen and oxygen atoms in total. The number of piperazine rings is 1. The summed E-state index contributed by atoms with van der Waals surface area (Å²) in [7, 11) is 0. The smallest absolute Gasteiger partial charge is 0.223 e. The van der Waals surface area contributed by atoms with Crippen molar-refractivity contribution in [3.05, 3.63) is 35.6 Å². The van der Waals surface area contributed by atoms with Gasteiger partial charge in [0.25, 0.3) is 0 Å². The Morgan fingerprint density at radius 2 is 2.00 bits per heavy atom. The number of benzene rings is 1. The predicted octanol–water partition coefficient (Wildman–Crippen LogP) is 2.25. The van der Waals surface area contributed by atoms with Crippen LogP contribution in [0.3, 0.4) is 0 Å². The molecule has 2 saturated heterocycles. The Hall–Kier alpha value is -1.17. The van der Waals surface area contributed by atoms with Crippen LogP contribution in [0.4, 0.5) is 4.39 Å². The van der Waals surface area contributed by atoms with E-state index >= 15 is 0 Å². The molecule has 3 rings (SSSR count). The van der Waals surface area contributed by atoms with Crippen LogP contribution in [0.15, 0.2) is 24.3 Å². The van der Waals surface area contributed by atoms with E-state index in [9.17, 15) is 9.18 Å². The van der Waals surface area contributed by atoms with Gasteiger partial charge in [-0.15, -0.1) is 12.4 Å². The van der Waals surface area contributed by atoms with Gasteiger partial charge in [-0.1, -0.05) is 25.1 Å². The summed E-state index contributed by atoms with van der Waals surface area (Å²) in [6.07, 6.45) is 1.44. The van der Waals surface area contributed by atoms with Gasteiger partial charge in [0.2, 0.25) is 5.91 Å². The topological polar surface area (TPSA) is 35.6 Å². The Morgan fingerprint density at radius 3 is 2.71 bits per heavy atom. The fourth-order valence-electron chi connectivity index (χ4n) is 3.69. The molecule has 134 valence electrons. The van der Waals surface area contributed by atoms with Gasteiger partial charge in [-0.05, 0) is 24.0 Å². The summed E-state index contributed by atoms with van der Waals surface area (Å²) in [5, 5.41) is 3.36. The molecule has 0 radical (unpaired) electrons. The number of carbonyl (C=O) groups excluding carboxylic acids is 1.